The summed E-state index contributed by atoms with van der Waals surface area (Å²) >= 11 is 7.17. The maximum atomic E-state index is 11.8. The van der Waals surface area contributed by atoms with Crippen molar-refractivity contribution >= 4 is 33.0 Å². The van der Waals surface area contributed by atoms with Crippen molar-refractivity contribution in [2.24, 2.45) is 0 Å². The van der Waals surface area contributed by atoms with Gasteiger partial charge in [-0.3, -0.25) is 0 Å². The Balaban J connectivity index is 1.97. The van der Waals surface area contributed by atoms with Gasteiger partial charge in [-0.1, -0.05) is 23.7 Å². The number of nitrogens with zero attached hydrogens (tertiary/aromatic N) is 1. The van der Waals surface area contributed by atoms with E-state index in [2.05, 4.69) is 9.71 Å². The average molecular weight is 303 g/mol. The zero-order chi connectivity index (χ0) is 13.0. The Bertz CT molecular complexity index is 594. The first-order valence-corrected chi connectivity index (χ1v) is 8.11. The van der Waals surface area contributed by atoms with Crippen molar-refractivity contribution in [3.63, 3.8) is 0 Å². The molecule has 4 nitrogen and oxygen atoms in total. The highest BCUT2D eigenvalue weighted by Crippen LogP contribution is 2.12. The maximum absolute atomic E-state index is 11.8. The van der Waals surface area contributed by atoms with Gasteiger partial charge in [-0.2, -0.15) is 0 Å². The van der Waals surface area contributed by atoms with E-state index in [1.54, 1.807) is 29.8 Å². The van der Waals surface area contributed by atoms with Crippen molar-refractivity contribution < 1.29 is 8.42 Å². The minimum absolute atomic E-state index is 0.0612. The fraction of sp³-hybridized carbons (Fsp3) is 0.182. The Hall–Kier alpha value is -0.950. The lowest BCUT2D eigenvalue weighted by molar-refractivity contribution is 0.579. The molecule has 2 rings (SSSR count). The molecule has 0 aliphatic heterocycles. The summed E-state index contributed by atoms with van der Waals surface area (Å²) in [7, 11) is -3.35. The van der Waals surface area contributed by atoms with Gasteiger partial charge in [0.15, 0.2) is 0 Å². The molecule has 0 atom stereocenters. The second kappa shape index (κ2) is 5.79. The highest BCUT2D eigenvalue weighted by Gasteiger charge is 2.11. The normalized spacial score (nSPS) is 11.6. The Morgan fingerprint density at radius 1 is 1.28 bits per heavy atom. The minimum atomic E-state index is -3.35. The monoisotopic (exact) mass is 302 g/mol. The molecule has 0 saturated carbocycles. The summed E-state index contributed by atoms with van der Waals surface area (Å²) in [5, 5.41) is 2.40. The van der Waals surface area contributed by atoms with Gasteiger partial charge in [0.05, 0.1) is 23.5 Å². The second-order valence-corrected chi connectivity index (χ2v) is 6.65. The lowest BCUT2D eigenvalue weighted by Crippen LogP contribution is -2.24. The fourth-order valence-corrected chi connectivity index (χ4v) is 3.15. The van der Waals surface area contributed by atoms with Crippen molar-refractivity contribution in [3.05, 3.63) is 51.4 Å². The third-order valence-electron chi connectivity index (χ3n) is 2.23. The number of thiazole rings is 1. The Morgan fingerprint density at radius 2 is 2.00 bits per heavy atom. The number of aromatic nitrogens is 1. The number of halogens is 1. The predicted molar refractivity (Wildman–Crippen MR) is 73.0 cm³/mol. The molecule has 0 aliphatic rings. The largest absolute Gasteiger partial charge is 0.248 e. The first-order valence-electron chi connectivity index (χ1n) is 5.14. The van der Waals surface area contributed by atoms with Gasteiger partial charge in [0, 0.05) is 10.4 Å². The average Bonchev–Trinajstić information content (AvgIpc) is 2.83. The van der Waals surface area contributed by atoms with E-state index >= 15 is 0 Å². The third-order valence-corrected chi connectivity index (χ3v) is 4.41. The van der Waals surface area contributed by atoms with Crippen LogP contribution in [-0.2, 0) is 22.3 Å². The second-order valence-electron chi connectivity index (χ2n) is 3.69. The predicted octanol–water partition coefficient (Wildman–Crippen LogP) is 2.42. The third kappa shape index (κ3) is 4.06. The number of benzene rings is 1. The lowest BCUT2D eigenvalue weighted by Gasteiger charge is -2.05. The molecule has 0 fully saturated rings. The van der Waals surface area contributed by atoms with Gasteiger partial charge in [-0.25, -0.2) is 18.1 Å². The van der Waals surface area contributed by atoms with Gasteiger partial charge in [0.25, 0.3) is 0 Å². The van der Waals surface area contributed by atoms with Crippen molar-refractivity contribution in [3.8, 4) is 0 Å². The van der Waals surface area contributed by atoms with Crippen molar-refractivity contribution in [1.82, 2.24) is 9.71 Å². The van der Waals surface area contributed by atoms with Crippen LogP contribution in [0.3, 0.4) is 0 Å². The van der Waals surface area contributed by atoms with E-state index in [-0.39, 0.29) is 12.3 Å². The smallest absolute Gasteiger partial charge is 0.216 e. The van der Waals surface area contributed by atoms with Crippen LogP contribution in [0.2, 0.25) is 5.02 Å². The van der Waals surface area contributed by atoms with Crippen molar-refractivity contribution in [2.45, 2.75) is 12.3 Å². The number of nitrogens with one attached hydrogen (secondary N) is 1. The molecular weight excluding hydrogens is 292 g/mol. The van der Waals surface area contributed by atoms with Crippen LogP contribution in [0.25, 0.3) is 0 Å². The van der Waals surface area contributed by atoms with E-state index < -0.39 is 10.0 Å². The summed E-state index contributed by atoms with van der Waals surface area (Å²) < 4.78 is 26.1. The minimum Gasteiger partial charge on any atom is -0.248 e. The number of hydrogen-bond acceptors (Lipinski definition) is 4. The molecule has 0 unspecified atom stereocenters. The van der Waals surface area contributed by atoms with Crippen molar-refractivity contribution in [1.29, 1.82) is 0 Å². The molecule has 1 N–H and O–H groups in total. The van der Waals surface area contributed by atoms with Crippen LogP contribution in [-0.4, -0.2) is 13.4 Å². The quantitative estimate of drug-likeness (QED) is 0.923. The Morgan fingerprint density at radius 3 is 2.61 bits per heavy atom. The van der Waals surface area contributed by atoms with Gasteiger partial charge in [-0.15, -0.1) is 11.3 Å². The van der Waals surface area contributed by atoms with E-state index in [0.717, 1.165) is 5.69 Å². The topological polar surface area (TPSA) is 59.1 Å². The zero-order valence-corrected chi connectivity index (χ0v) is 11.7. The summed E-state index contributed by atoms with van der Waals surface area (Å²) in [6.45, 7) is 0.222. The molecule has 0 saturated heterocycles. The van der Waals surface area contributed by atoms with E-state index in [1.807, 2.05) is 5.38 Å². The Labute approximate surface area is 115 Å². The standard InChI is InChI=1S/C11H11ClN2O2S2/c12-10-3-1-9(2-4-10)7-18(15,16)14-5-11-6-17-8-13-11/h1-4,6,8,14H,5,7H2. The molecule has 1 aromatic heterocycles. The van der Waals surface area contributed by atoms with Gasteiger partial charge in [0.2, 0.25) is 10.0 Å². The highest BCUT2D eigenvalue weighted by atomic mass is 35.5. The van der Waals surface area contributed by atoms with E-state index in [9.17, 15) is 8.42 Å². The summed E-state index contributed by atoms with van der Waals surface area (Å²) in [5.41, 5.74) is 3.09. The van der Waals surface area contributed by atoms with Crippen LogP contribution in [0.5, 0.6) is 0 Å². The number of hydrogen-bond donors (Lipinski definition) is 1. The molecule has 7 heteroatoms. The molecule has 0 aliphatic carbocycles. The fourth-order valence-electron chi connectivity index (χ4n) is 1.36. The van der Waals surface area contributed by atoms with Gasteiger partial charge >= 0.3 is 0 Å². The van der Waals surface area contributed by atoms with Crippen LogP contribution in [0.15, 0.2) is 35.2 Å². The van der Waals surface area contributed by atoms with Gasteiger partial charge < -0.3 is 0 Å². The number of sulfonamides is 1. The van der Waals surface area contributed by atoms with Crippen LogP contribution in [0.1, 0.15) is 11.3 Å². The highest BCUT2D eigenvalue weighted by molar-refractivity contribution is 7.88. The summed E-state index contributed by atoms with van der Waals surface area (Å²) in [4.78, 5) is 4.01. The molecule has 0 radical (unpaired) electrons. The molecular formula is C11H11ClN2O2S2. The molecule has 1 aromatic carbocycles. The zero-order valence-electron chi connectivity index (χ0n) is 9.34. The molecule has 0 amide bonds. The SMILES string of the molecule is O=S(=O)(Cc1ccc(Cl)cc1)NCc1cscn1. The van der Waals surface area contributed by atoms with Crippen LogP contribution < -0.4 is 4.72 Å². The molecule has 0 bridgehead atoms. The first kappa shape index (κ1) is 13.5. The lowest BCUT2D eigenvalue weighted by atomic mass is 10.2. The van der Waals surface area contributed by atoms with E-state index in [4.69, 9.17) is 11.6 Å². The molecule has 0 spiro atoms. The summed E-state index contributed by atoms with van der Waals surface area (Å²) in [5.74, 6) is -0.0612. The molecule has 18 heavy (non-hydrogen) atoms. The summed E-state index contributed by atoms with van der Waals surface area (Å²) in [6, 6.07) is 6.74. The summed E-state index contributed by atoms with van der Waals surface area (Å²) in [6.07, 6.45) is 0. The van der Waals surface area contributed by atoms with E-state index in [0.29, 0.717) is 10.6 Å². The van der Waals surface area contributed by atoms with Crippen LogP contribution >= 0.6 is 22.9 Å². The first-order chi connectivity index (χ1) is 8.55. The van der Waals surface area contributed by atoms with Crippen LogP contribution in [0.4, 0.5) is 0 Å². The number of rotatable bonds is 5. The molecule has 1 heterocycles. The van der Waals surface area contributed by atoms with Crippen LogP contribution in [0, 0.1) is 0 Å². The molecule has 96 valence electrons. The van der Waals surface area contributed by atoms with E-state index in [1.165, 1.54) is 11.3 Å². The Kier molecular flexibility index (Phi) is 4.34. The van der Waals surface area contributed by atoms with Crippen molar-refractivity contribution in [2.75, 3.05) is 0 Å². The van der Waals surface area contributed by atoms with Gasteiger partial charge in [-0.05, 0) is 17.7 Å². The maximum Gasteiger partial charge on any atom is 0.216 e. The van der Waals surface area contributed by atoms with Gasteiger partial charge in [0.1, 0.15) is 0 Å². The molecule has 2 aromatic rings.